The van der Waals surface area contributed by atoms with E-state index in [-0.39, 0.29) is 23.7 Å². The number of halogens is 1. The number of hydrogen-bond acceptors (Lipinski definition) is 4. The van der Waals surface area contributed by atoms with Crippen molar-refractivity contribution in [2.24, 2.45) is 5.92 Å². The summed E-state index contributed by atoms with van der Waals surface area (Å²) in [7, 11) is 0. The number of aromatic nitrogens is 3. The van der Waals surface area contributed by atoms with Crippen LogP contribution in [0.4, 0.5) is 4.39 Å². The van der Waals surface area contributed by atoms with E-state index in [4.69, 9.17) is 4.74 Å². The Hall–Kier alpha value is -3.22. The highest BCUT2D eigenvalue weighted by molar-refractivity contribution is 5.98. The van der Waals surface area contributed by atoms with Crippen molar-refractivity contribution in [3.8, 4) is 11.4 Å². The molecule has 162 valence electrons. The topological polar surface area (TPSA) is 60.2 Å². The second kappa shape index (κ2) is 8.88. The Morgan fingerprint density at radius 2 is 1.90 bits per heavy atom. The average molecular weight is 423 g/mol. The normalized spacial score (nSPS) is 18.8. The summed E-state index contributed by atoms with van der Waals surface area (Å²) in [6.07, 6.45) is 5.08. The number of nitrogens with zero attached hydrogens (tertiary/aromatic N) is 4. The summed E-state index contributed by atoms with van der Waals surface area (Å²) < 4.78 is 19.4. The molecule has 31 heavy (non-hydrogen) atoms. The van der Waals surface area contributed by atoms with Gasteiger partial charge in [-0.15, -0.1) is 0 Å². The first kappa shape index (κ1) is 21.0. The van der Waals surface area contributed by atoms with E-state index < -0.39 is 0 Å². The Balaban J connectivity index is 1.50. The van der Waals surface area contributed by atoms with Gasteiger partial charge in [-0.2, -0.15) is 15.0 Å². The van der Waals surface area contributed by atoms with Gasteiger partial charge in [0.05, 0.1) is 30.3 Å². The quantitative estimate of drug-likeness (QED) is 0.614. The summed E-state index contributed by atoms with van der Waals surface area (Å²) in [6.45, 7) is 6.87. The molecule has 1 amide bonds. The number of amides is 1. The molecule has 1 fully saturated rings. The molecule has 1 saturated heterocycles. The van der Waals surface area contributed by atoms with Crippen molar-refractivity contribution in [3.05, 3.63) is 71.3 Å². The van der Waals surface area contributed by atoms with Crippen molar-refractivity contribution in [1.82, 2.24) is 19.9 Å². The van der Waals surface area contributed by atoms with Gasteiger partial charge in [0.2, 0.25) is 0 Å². The molecule has 0 aliphatic carbocycles. The maximum atomic E-state index is 13.6. The van der Waals surface area contributed by atoms with Crippen LogP contribution in [0.1, 0.15) is 41.3 Å². The van der Waals surface area contributed by atoms with Crippen LogP contribution in [0.2, 0.25) is 0 Å². The lowest BCUT2D eigenvalue weighted by Gasteiger charge is -2.38. The van der Waals surface area contributed by atoms with E-state index in [0.717, 1.165) is 18.4 Å². The van der Waals surface area contributed by atoms with E-state index in [1.54, 1.807) is 31.5 Å². The predicted molar refractivity (Wildman–Crippen MR) is 116 cm³/mol. The van der Waals surface area contributed by atoms with Gasteiger partial charge in [0.1, 0.15) is 11.6 Å². The fraction of sp³-hybridized carbons (Fsp3) is 0.375. The van der Waals surface area contributed by atoms with E-state index in [0.29, 0.717) is 35.7 Å². The Morgan fingerprint density at radius 1 is 1.13 bits per heavy atom. The van der Waals surface area contributed by atoms with Gasteiger partial charge in [-0.05, 0) is 69.5 Å². The fourth-order valence-electron chi connectivity index (χ4n) is 4.01. The molecule has 2 heterocycles. The van der Waals surface area contributed by atoms with Crippen LogP contribution < -0.4 is 4.74 Å². The van der Waals surface area contributed by atoms with Crippen LogP contribution in [0.5, 0.6) is 5.75 Å². The van der Waals surface area contributed by atoms with Crippen molar-refractivity contribution < 1.29 is 13.9 Å². The van der Waals surface area contributed by atoms with Gasteiger partial charge >= 0.3 is 0 Å². The molecule has 0 saturated carbocycles. The summed E-state index contributed by atoms with van der Waals surface area (Å²) >= 11 is 0. The highest BCUT2D eigenvalue weighted by Crippen LogP contribution is 2.27. The highest BCUT2D eigenvalue weighted by atomic mass is 19.1. The third-order valence-corrected chi connectivity index (χ3v) is 5.87. The summed E-state index contributed by atoms with van der Waals surface area (Å²) in [4.78, 5) is 17.0. The molecule has 4 rings (SSSR count). The maximum Gasteiger partial charge on any atom is 0.256 e. The van der Waals surface area contributed by atoms with Crippen LogP contribution in [0, 0.1) is 25.6 Å². The van der Waals surface area contributed by atoms with Crippen LogP contribution in [0.25, 0.3) is 5.69 Å². The number of carbonyl (C=O) groups is 1. The molecule has 2 aromatic carbocycles. The largest absolute Gasteiger partial charge is 0.493 e. The third kappa shape index (κ3) is 4.60. The first-order valence-corrected chi connectivity index (χ1v) is 10.6. The van der Waals surface area contributed by atoms with Crippen LogP contribution in [0.3, 0.4) is 0 Å². The minimum Gasteiger partial charge on any atom is -0.493 e. The van der Waals surface area contributed by atoms with E-state index in [1.165, 1.54) is 10.9 Å². The van der Waals surface area contributed by atoms with Crippen molar-refractivity contribution in [2.75, 3.05) is 13.2 Å². The molecule has 1 aliphatic heterocycles. The first-order chi connectivity index (χ1) is 14.9. The number of likely N-dealkylation sites (tertiary alicyclic amines) is 1. The van der Waals surface area contributed by atoms with Gasteiger partial charge in [-0.3, -0.25) is 4.79 Å². The lowest BCUT2D eigenvalue weighted by atomic mass is 9.93. The number of aryl methyl sites for hydroxylation is 2. The second-order valence-electron chi connectivity index (χ2n) is 8.31. The number of carbonyl (C=O) groups excluding carboxylic acids is 1. The number of hydrogen-bond donors (Lipinski definition) is 0. The monoisotopic (exact) mass is 422 g/mol. The molecule has 0 spiro atoms. The predicted octanol–water partition coefficient (Wildman–Crippen LogP) is 4.34. The van der Waals surface area contributed by atoms with Crippen LogP contribution >= 0.6 is 0 Å². The molecule has 3 aromatic rings. The molecule has 0 bridgehead atoms. The van der Waals surface area contributed by atoms with Gasteiger partial charge in [-0.25, -0.2) is 4.39 Å². The number of rotatable bonds is 5. The lowest BCUT2D eigenvalue weighted by Crippen LogP contribution is -2.47. The molecule has 0 N–H and O–H groups in total. The van der Waals surface area contributed by atoms with Crippen molar-refractivity contribution in [2.45, 2.75) is 39.7 Å². The molecule has 1 aliphatic rings. The Bertz CT molecular complexity index is 1070. The number of ether oxygens (including phenoxy) is 1. The standard InChI is InChI=1S/C24H27FN4O2/c1-16-4-9-23(29-26-10-11-27-29)21(12-16)24(30)28-14-19(6-5-18(28)3)15-31-20-7-8-22(25)17(2)13-20/h4,7-13,18-19H,5-6,14-15H2,1-3H3/t18-,19+/m1/s1. The number of piperidine rings is 1. The molecule has 2 atom stereocenters. The molecule has 7 heteroatoms. The van der Waals surface area contributed by atoms with Crippen molar-refractivity contribution >= 4 is 5.91 Å². The zero-order valence-electron chi connectivity index (χ0n) is 18.1. The van der Waals surface area contributed by atoms with E-state index in [1.807, 2.05) is 30.0 Å². The molecule has 1 aromatic heterocycles. The Labute approximate surface area is 181 Å². The van der Waals surface area contributed by atoms with Crippen LogP contribution in [0.15, 0.2) is 48.8 Å². The maximum absolute atomic E-state index is 13.6. The van der Waals surface area contributed by atoms with Crippen LogP contribution in [-0.4, -0.2) is 45.0 Å². The second-order valence-corrected chi connectivity index (χ2v) is 8.31. The van der Waals surface area contributed by atoms with Gasteiger partial charge in [0.25, 0.3) is 5.91 Å². The summed E-state index contributed by atoms with van der Waals surface area (Å²) in [5.74, 6) is 0.602. The molecular formula is C24H27FN4O2. The van der Waals surface area contributed by atoms with Gasteiger partial charge in [0.15, 0.2) is 0 Å². The van der Waals surface area contributed by atoms with E-state index in [9.17, 15) is 9.18 Å². The molecule has 0 unspecified atom stereocenters. The summed E-state index contributed by atoms with van der Waals surface area (Å²) in [6, 6.07) is 10.6. The lowest BCUT2D eigenvalue weighted by molar-refractivity contribution is 0.0505. The Kier molecular flexibility index (Phi) is 6.02. The summed E-state index contributed by atoms with van der Waals surface area (Å²) in [5.41, 5.74) is 2.84. The zero-order valence-corrected chi connectivity index (χ0v) is 18.1. The van der Waals surface area contributed by atoms with E-state index >= 15 is 0 Å². The third-order valence-electron chi connectivity index (χ3n) is 5.87. The summed E-state index contributed by atoms with van der Waals surface area (Å²) in [5, 5.41) is 8.41. The average Bonchev–Trinajstić information content (AvgIpc) is 3.29. The minimum absolute atomic E-state index is 0.0224. The zero-order chi connectivity index (χ0) is 22.0. The van der Waals surface area contributed by atoms with Gasteiger partial charge < -0.3 is 9.64 Å². The van der Waals surface area contributed by atoms with Gasteiger partial charge in [-0.1, -0.05) is 11.6 Å². The highest BCUT2D eigenvalue weighted by Gasteiger charge is 2.31. The molecule has 6 nitrogen and oxygen atoms in total. The Morgan fingerprint density at radius 3 is 2.65 bits per heavy atom. The minimum atomic E-state index is -0.240. The first-order valence-electron chi connectivity index (χ1n) is 10.6. The van der Waals surface area contributed by atoms with Crippen molar-refractivity contribution in [1.29, 1.82) is 0 Å². The van der Waals surface area contributed by atoms with Gasteiger partial charge in [0, 0.05) is 18.5 Å². The molecule has 0 radical (unpaired) electrons. The SMILES string of the molecule is Cc1ccc(-n2nccn2)c(C(=O)N2C[C@@H](COc3ccc(F)c(C)c3)CC[C@H]2C)c1. The fourth-order valence-corrected chi connectivity index (χ4v) is 4.01. The van der Waals surface area contributed by atoms with Crippen molar-refractivity contribution in [3.63, 3.8) is 0 Å². The van der Waals surface area contributed by atoms with E-state index in [2.05, 4.69) is 17.1 Å². The van der Waals surface area contributed by atoms with Crippen LogP contribution in [-0.2, 0) is 0 Å². The molecular weight excluding hydrogens is 395 g/mol. The smallest absolute Gasteiger partial charge is 0.256 e. The number of benzene rings is 2.